The van der Waals surface area contributed by atoms with Gasteiger partial charge in [-0.3, -0.25) is 10.1 Å². The van der Waals surface area contributed by atoms with Crippen molar-refractivity contribution in [3.8, 4) is 17.0 Å². The third kappa shape index (κ3) is 5.76. The number of benzene rings is 2. The van der Waals surface area contributed by atoms with Gasteiger partial charge in [0.25, 0.3) is 5.91 Å². The van der Waals surface area contributed by atoms with E-state index >= 15 is 0 Å². The maximum absolute atomic E-state index is 12.3. The minimum atomic E-state index is -0.957. The Kier molecular flexibility index (Phi) is 6.76. The molecular weight excluding hydrogens is 388 g/mol. The Hall–Kier alpha value is -3.45. The Balaban J connectivity index is 1.54. The largest absolute Gasteiger partial charge is 0.497 e. The predicted octanol–water partition coefficient (Wildman–Crippen LogP) is 4.40. The second kappa shape index (κ2) is 9.66. The number of rotatable bonds is 7. The maximum atomic E-state index is 12.3. The molecule has 2 aromatic carbocycles. The molecule has 6 nitrogen and oxygen atoms in total. The van der Waals surface area contributed by atoms with Gasteiger partial charge < -0.3 is 9.47 Å². The van der Waals surface area contributed by atoms with Gasteiger partial charge in [0.05, 0.1) is 12.8 Å². The van der Waals surface area contributed by atoms with Crippen LogP contribution in [0.2, 0.25) is 0 Å². The zero-order valence-electron chi connectivity index (χ0n) is 16.0. The van der Waals surface area contributed by atoms with Crippen LogP contribution in [0.1, 0.15) is 12.5 Å². The summed E-state index contributed by atoms with van der Waals surface area (Å²) in [6, 6.07) is 16.9. The number of thiazole rings is 1. The molecule has 3 rings (SSSR count). The molecule has 1 heterocycles. The molecule has 1 atom stereocenters. The normalized spacial score (nSPS) is 11.8. The highest BCUT2D eigenvalue weighted by molar-refractivity contribution is 7.14. The number of aromatic nitrogens is 1. The third-order valence-corrected chi connectivity index (χ3v) is 4.73. The zero-order valence-corrected chi connectivity index (χ0v) is 16.8. The fraction of sp³-hybridized carbons (Fsp3) is 0.136. The lowest BCUT2D eigenvalue weighted by Crippen LogP contribution is -2.29. The van der Waals surface area contributed by atoms with E-state index in [4.69, 9.17) is 9.47 Å². The average molecular weight is 408 g/mol. The van der Waals surface area contributed by atoms with E-state index in [0.29, 0.717) is 10.9 Å². The number of hydrogen-bond acceptors (Lipinski definition) is 6. The molecule has 0 aliphatic rings. The van der Waals surface area contributed by atoms with E-state index in [1.807, 2.05) is 53.9 Å². The summed E-state index contributed by atoms with van der Waals surface area (Å²) in [7, 11) is 1.57. The Bertz CT molecular complexity index is 1010. The highest BCUT2D eigenvalue weighted by Gasteiger charge is 2.18. The van der Waals surface area contributed by atoms with Gasteiger partial charge in [-0.15, -0.1) is 11.3 Å². The van der Waals surface area contributed by atoms with Gasteiger partial charge in [0, 0.05) is 17.0 Å². The molecule has 0 aliphatic heterocycles. The number of esters is 1. The minimum absolute atomic E-state index is 0.443. The summed E-state index contributed by atoms with van der Waals surface area (Å²) >= 11 is 1.31. The number of anilines is 1. The molecule has 0 aliphatic carbocycles. The van der Waals surface area contributed by atoms with Crippen LogP contribution in [0.15, 0.2) is 66.1 Å². The first-order valence-corrected chi connectivity index (χ1v) is 9.77. The number of carbonyl (C=O) groups is 2. The van der Waals surface area contributed by atoms with Crippen molar-refractivity contribution in [1.82, 2.24) is 4.98 Å². The Morgan fingerprint density at radius 2 is 1.93 bits per heavy atom. The van der Waals surface area contributed by atoms with Crippen LogP contribution in [0.25, 0.3) is 17.3 Å². The van der Waals surface area contributed by atoms with Crippen molar-refractivity contribution in [3.63, 3.8) is 0 Å². The van der Waals surface area contributed by atoms with Crippen LogP contribution in [-0.4, -0.2) is 30.1 Å². The van der Waals surface area contributed by atoms with Crippen LogP contribution >= 0.6 is 11.3 Å². The van der Waals surface area contributed by atoms with Crippen LogP contribution < -0.4 is 10.1 Å². The summed E-state index contributed by atoms with van der Waals surface area (Å²) in [6.45, 7) is 1.51. The van der Waals surface area contributed by atoms with E-state index in [2.05, 4.69) is 10.3 Å². The van der Waals surface area contributed by atoms with Crippen LogP contribution in [0.3, 0.4) is 0 Å². The fourth-order valence-corrected chi connectivity index (χ4v) is 3.18. The van der Waals surface area contributed by atoms with E-state index in [0.717, 1.165) is 16.8 Å². The molecular formula is C22H20N2O4S. The molecule has 0 fully saturated rings. The second-order valence-electron chi connectivity index (χ2n) is 6.08. The number of amides is 1. The first kappa shape index (κ1) is 20.3. The molecule has 1 aromatic heterocycles. The number of methoxy groups -OCH3 is 1. The summed E-state index contributed by atoms with van der Waals surface area (Å²) in [5, 5.41) is 4.98. The summed E-state index contributed by atoms with van der Waals surface area (Å²) in [4.78, 5) is 28.7. The van der Waals surface area contributed by atoms with Gasteiger partial charge in [-0.1, -0.05) is 42.5 Å². The molecule has 1 amide bonds. The second-order valence-corrected chi connectivity index (χ2v) is 6.94. The molecule has 7 heteroatoms. The average Bonchev–Trinajstić information content (AvgIpc) is 3.21. The lowest BCUT2D eigenvalue weighted by atomic mass is 10.2. The van der Waals surface area contributed by atoms with E-state index < -0.39 is 18.0 Å². The van der Waals surface area contributed by atoms with Crippen molar-refractivity contribution in [3.05, 3.63) is 71.6 Å². The van der Waals surface area contributed by atoms with E-state index in [-0.39, 0.29) is 0 Å². The molecule has 0 saturated heterocycles. The quantitative estimate of drug-likeness (QED) is 0.463. The number of carbonyl (C=O) groups excluding carboxylic acids is 2. The van der Waals surface area contributed by atoms with E-state index in [1.165, 1.54) is 24.3 Å². The van der Waals surface area contributed by atoms with Gasteiger partial charge >= 0.3 is 5.97 Å². The molecule has 0 bridgehead atoms. The summed E-state index contributed by atoms with van der Waals surface area (Å²) in [5.41, 5.74) is 2.53. The Morgan fingerprint density at radius 3 is 2.69 bits per heavy atom. The van der Waals surface area contributed by atoms with Gasteiger partial charge in [-0.05, 0) is 30.7 Å². The lowest BCUT2D eigenvalue weighted by Gasteiger charge is -2.10. The van der Waals surface area contributed by atoms with Gasteiger partial charge in [-0.2, -0.15) is 0 Å². The van der Waals surface area contributed by atoms with Gasteiger partial charge in [0.1, 0.15) is 5.75 Å². The topological polar surface area (TPSA) is 77.5 Å². The fourth-order valence-electron chi connectivity index (χ4n) is 2.46. The highest BCUT2D eigenvalue weighted by Crippen LogP contribution is 2.24. The Morgan fingerprint density at radius 1 is 1.14 bits per heavy atom. The molecule has 1 N–H and O–H groups in total. The van der Waals surface area contributed by atoms with Gasteiger partial charge in [0.2, 0.25) is 0 Å². The zero-order chi connectivity index (χ0) is 20.6. The number of hydrogen-bond donors (Lipinski definition) is 1. The molecule has 0 saturated carbocycles. The van der Waals surface area contributed by atoms with E-state index in [9.17, 15) is 9.59 Å². The van der Waals surface area contributed by atoms with Crippen molar-refractivity contribution in [2.45, 2.75) is 13.0 Å². The summed E-state index contributed by atoms with van der Waals surface area (Å²) in [5.74, 6) is -0.367. The monoisotopic (exact) mass is 408 g/mol. The van der Waals surface area contributed by atoms with Gasteiger partial charge in [-0.25, -0.2) is 9.78 Å². The molecule has 29 heavy (non-hydrogen) atoms. The molecule has 1 unspecified atom stereocenters. The van der Waals surface area contributed by atoms with Crippen LogP contribution in [0.5, 0.6) is 5.75 Å². The number of ether oxygens (including phenoxy) is 2. The third-order valence-electron chi connectivity index (χ3n) is 3.97. The first-order chi connectivity index (χ1) is 14.0. The van der Waals surface area contributed by atoms with Crippen LogP contribution in [0, 0.1) is 0 Å². The van der Waals surface area contributed by atoms with Gasteiger partial charge in [0.15, 0.2) is 11.2 Å². The van der Waals surface area contributed by atoms with Crippen molar-refractivity contribution >= 4 is 34.4 Å². The smallest absolute Gasteiger partial charge is 0.331 e. The lowest BCUT2D eigenvalue weighted by molar-refractivity contribution is -0.148. The molecule has 148 valence electrons. The van der Waals surface area contributed by atoms with Crippen molar-refractivity contribution in [1.29, 1.82) is 0 Å². The van der Waals surface area contributed by atoms with Crippen LogP contribution in [0.4, 0.5) is 5.13 Å². The van der Waals surface area contributed by atoms with Crippen molar-refractivity contribution < 1.29 is 19.1 Å². The summed E-state index contributed by atoms with van der Waals surface area (Å²) < 4.78 is 10.3. The van der Waals surface area contributed by atoms with Crippen molar-refractivity contribution in [2.24, 2.45) is 0 Å². The standard InChI is InChI=1S/C22H20N2O4S/c1-15(28-20(25)12-11-16-7-6-10-18(13-16)27-2)21(26)24-22-23-19(14-29-22)17-8-4-3-5-9-17/h3-15H,1-2H3,(H,23,24,26)/b12-11+. The van der Waals surface area contributed by atoms with E-state index in [1.54, 1.807) is 19.3 Å². The first-order valence-electron chi connectivity index (χ1n) is 8.89. The SMILES string of the molecule is COc1cccc(/C=C/C(=O)OC(C)C(=O)Nc2nc(-c3ccccc3)cs2)c1. The molecule has 0 spiro atoms. The van der Waals surface area contributed by atoms with Crippen molar-refractivity contribution in [2.75, 3.05) is 12.4 Å². The number of nitrogens with zero attached hydrogens (tertiary/aromatic N) is 1. The van der Waals surface area contributed by atoms with Crippen LogP contribution in [-0.2, 0) is 14.3 Å². The molecule has 3 aromatic rings. The molecule has 0 radical (unpaired) electrons. The minimum Gasteiger partial charge on any atom is -0.497 e. The predicted molar refractivity (Wildman–Crippen MR) is 114 cm³/mol. The maximum Gasteiger partial charge on any atom is 0.331 e. The summed E-state index contributed by atoms with van der Waals surface area (Å²) in [6.07, 6.45) is 1.92. The highest BCUT2D eigenvalue weighted by atomic mass is 32.1. The number of nitrogens with one attached hydrogen (secondary N) is 1. The Labute approximate surface area is 172 Å².